The van der Waals surface area contributed by atoms with Crippen molar-refractivity contribution in [3.8, 4) is 11.3 Å². The minimum atomic E-state index is -2.93. The van der Waals surface area contributed by atoms with Crippen LogP contribution in [0.4, 0.5) is 24.5 Å². The topological polar surface area (TPSA) is 129 Å². The zero-order chi connectivity index (χ0) is 28.0. The molecular formula is C26H19F3N3O6S-. The van der Waals surface area contributed by atoms with Crippen molar-refractivity contribution in [3.63, 3.8) is 0 Å². The van der Waals surface area contributed by atoms with Crippen LogP contribution in [-0.4, -0.2) is 26.6 Å². The van der Waals surface area contributed by atoms with Gasteiger partial charge in [-0.1, -0.05) is 0 Å². The van der Waals surface area contributed by atoms with Crippen molar-refractivity contribution in [1.82, 2.24) is 5.32 Å². The number of fused-ring (bicyclic) bond motifs is 1. The van der Waals surface area contributed by atoms with Crippen LogP contribution in [0.15, 0.2) is 52.9 Å². The summed E-state index contributed by atoms with van der Waals surface area (Å²) in [5.41, 5.74) is 0.0115. The zero-order valence-corrected chi connectivity index (χ0v) is 21.0. The van der Waals surface area contributed by atoms with Gasteiger partial charge in [-0.05, 0) is 72.4 Å². The molecule has 1 saturated carbocycles. The number of carbonyl (C=O) groups is 1. The summed E-state index contributed by atoms with van der Waals surface area (Å²) in [4.78, 5) is 22.6. The molecule has 1 heterocycles. The van der Waals surface area contributed by atoms with Crippen LogP contribution < -0.4 is 9.62 Å². The lowest BCUT2D eigenvalue weighted by molar-refractivity contribution is -0.390. The number of nitrogens with one attached hydrogen (secondary N) is 1. The molecular weight excluding hydrogens is 539 g/mol. The normalized spacial score (nSPS) is 13.9. The van der Waals surface area contributed by atoms with E-state index in [1.54, 1.807) is 6.07 Å². The molecule has 1 aromatic heterocycles. The van der Waals surface area contributed by atoms with Crippen LogP contribution in [0, 0.1) is 27.6 Å². The molecule has 1 aliphatic rings. The van der Waals surface area contributed by atoms with Gasteiger partial charge in [0.15, 0.2) is 0 Å². The molecule has 0 radical (unpaired) electrons. The number of nitro groups is 1. The van der Waals surface area contributed by atoms with Crippen molar-refractivity contribution < 1.29 is 36.1 Å². The predicted octanol–water partition coefficient (Wildman–Crippen LogP) is 5.46. The first-order chi connectivity index (χ1) is 18.6. The van der Waals surface area contributed by atoms with Gasteiger partial charge in [0.05, 0.1) is 22.7 Å². The van der Waals surface area contributed by atoms with E-state index in [1.165, 1.54) is 37.4 Å². The Morgan fingerprint density at radius 2 is 1.77 bits per heavy atom. The quantitative estimate of drug-likeness (QED) is 0.174. The van der Waals surface area contributed by atoms with Crippen LogP contribution in [0.25, 0.3) is 22.3 Å². The van der Waals surface area contributed by atoms with E-state index in [0.29, 0.717) is 28.6 Å². The maximum atomic E-state index is 14.3. The van der Waals surface area contributed by atoms with Crippen LogP contribution in [0.1, 0.15) is 40.2 Å². The molecule has 4 aromatic rings. The number of amides is 1. The Labute approximate surface area is 221 Å². The second kappa shape index (κ2) is 10.2. The fourth-order valence-corrected chi connectivity index (χ4v) is 5.08. The molecule has 3 aromatic carbocycles. The number of benzene rings is 3. The van der Waals surface area contributed by atoms with E-state index in [-0.39, 0.29) is 34.1 Å². The Morgan fingerprint density at radius 3 is 2.31 bits per heavy atom. The van der Waals surface area contributed by atoms with Gasteiger partial charge < -0.3 is 14.3 Å². The summed E-state index contributed by atoms with van der Waals surface area (Å²) >= 11 is -2.93. The zero-order valence-electron chi connectivity index (χ0n) is 20.2. The fourth-order valence-electron chi connectivity index (χ4n) is 4.51. The number of rotatable bonds is 8. The fraction of sp³-hybridized carbons (Fsp3) is 0.192. The molecule has 0 spiro atoms. The molecule has 1 atom stereocenters. The van der Waals surface area contributed by atoms with Gasteiger partial charge in [0.2, 0.25) is 11.6 Å². The van der Waals surface area contributed by atoms with Crippen molar-refractivity contribution >= 4 is 39.5 Å². The smallest absolute Gasteiger partial charge is 0.340 e. The molecule has 1 N–H and O–H groups in total. The van der Waals surface area contributed by atoms with E-state index in [0.717, 1.165) is 17.1 Å². The molecule has 1 amide bonds. The highest BCUT2D eigenvalue weighted by Crippen LogP contribution is 2.48. The third kappa shape index (κ3) is 4.98. The molecule has 5 rings (SSSR count). The number of carbonyl (C=O) groups excluding carboxylic acids is 1. The summed E-state index contributed by atoms with van der Waals surface area (Å²) in [6, 6.07) is 9.80. The average molecular weight is 559 g/mol. The van der Waals surface area contributed by atoms with Crippen molar-refractivity contribution in [1.29, 1.82) is 0 Å². The van der Waals surface area contributed by atoms with Crippen LogP contribution in [-0.2, 0) is 17.8 Å². The highest BCUT2D eigenvalue weighted by Gasteiger charge is 2.32. The third-order valence-electron chi connectivity index (χ3n) is 6.45. The molecule has 0 aliphatic heterocycles. The van der Waals surface area contributed by atoms with E-state index < -0.39 is 51.8 Å². The molecule has 13 heteroatoms. The van der Waals surface area contributed by atoms with E-state index >= 15 is 0 Å². The van der Waals surface area contributed by atoms with Gasteiger partial charge in [-0.3, -0.25) is 23.4 Å². The number of nitro benzene ring substituents is 1. The average Bonchev–Trinajstić information content (AvgIpc) is 3.66. The Bertz CT molecular complexity index is 1630. The largest absolute Gasteiger partial charge is 0.755 e. The van der Waals surface area contributed by atoms with Crippen LogP contribution in [0.2, 0.25) is 0 Å². The molecule has 1 fully saturated rings. The van der Waals surface area contributed by atoms with Crippen LogP contribution >= 0.6 is 0 Å². The number of nitrogens with zero attached hydrogens (tertiary/aromatic N) is 2. The summed E-state index contributed by atoms with van der Waals surface area (Å²) in [6.45, 7) is -0.527. The lowest BCUT2D eigenvalue weighted by Crippen LogP contribution is -2.26. The molecule has 0 bridgehead atoms. The van der Waals surface area contributed by atoms with Crippen molar-refractivity contribution in [3.05, 3.63) is 92.8 Å². The second-order valence-electron chi connectivity index (χ2n) is 8.99. The monoisotopic (exact) mass is 558 g/mol. The summed E-state index contributed by atoms with van der Waals surface area (Å²) in [5, 5.41) is 13.9. The maximum absolute atomic E-state index is 14.3. The van der Waals surface area contributed by atoms with E-state index in [2.05, 4.69) is 5.32 Å². The van der Waals surface area contributed by atoms with Crippen LogP contribution in [0.5, 0.6) is 0 Å². The molecule has 9 nitrogen and oxygen atoms in total. The predicted molar refractivity (Wildman–Crippen MR) is 135 cm³/mol. The lowest BCUT2D eigenvalue weighted by atomic mass is 10.00. The van der Waals surface area contributed by atoms with Crippen LogP contribution in [0.3, 0.4) is 0 Å². The minimum Gasteiger partial charge on any atom is -0.755 e. The number of furan rings is 1. The number of hydrogen-bond donors (Lipinski definition) is 1. The highest BCUT2D eigenvalue weighted by atomic mass is 32.2. The van der Waals surface area contributed by atoms with E-state index in [4.69, 9.17) is 4.42 Å². The SMILES string of the molecule is CNC(=O)c1c(-c2ccc(F)cc2)oc2cc(N(Cc3cc(F)c([N+](=O)[O-])c(F)c3)S(=O)[O-])c(C3CC3)cc12. The first-order valence-electron chi connectivity index (χ1n) is 11.7. The molecule has 0 saturated heterocycles. The molecule has 39 heavy (non-hydrogen) atoms. The standard InChI is InChI=1S/C26H20F3N3O6S/c1-30-26(33)23-18-10-17(14-2-3-14)21(11-22(18)38-25(23)15-4-6-16(27)7-5-15)31(39(36)37)12-13-8-19(28)24(32(34)35)20(29)9-13/h4-11,14H,2-3,12H2,1H3,(H,30,33)(H,36,37)/p-1. The number of anilines is 1. The molecule has 202 valence electrons. The van der Waals surface area contributed by atoms with Gasteiger partial charge >= 0.3 is 5.69 Å². The van der Waals surface area contributed by atoms with Gasteiger partial charge in [0.1, 0.15) is 17.2 Å². The first kappa shape index (κ1) is 26.4. The Kier molecular flexibility index (Phi) is 6.87. The summed E-state index contributed by atoms with van der Waals surface area (Å²) in [7, 11) is 1.44. The van der Waals surface area contributed by atoms with Gasteiger partial charge in [0, 0.05) is 35.3 Å². The molecule has 1 unspecified atom stereocenters. The Hall–Kier alpha value is -4.23. The molecule has 1 aliphatic carbocycles. The van der Waals surface area contributed by atoms with Gasteiger partial charge in [-0.25, -0.2) is 4.39 Å². The van der Waals surface area contributed by atoms with Gasteiger partial charge in [-0.2, -0.15) is 8.78 Å². The van der Waals surface area contributed by atoms with Crippen molar-refractivity contribution in [2.24, 2.45) is 0 Å². The Balaban J connectivity index is 1.67. The first-order valence-corrected chi connectivity index (χ1v) is 12.7. The number of hydrogen-bond acceptors (Lipinski definition) is 6. The van der Waals surface area contributed by atoms with E-state index in [1.807, 2.05) is 0 Å². The second-order valence-corrected chi connectivity index (χ2v) is 9.87. The lowest BCUT2D eigenvalue weighted by Gasteiger charge is -2.28. The minimum absolute atomic E-state index is 0.0394. The Morgan fingerprint density at radius 1 is 1.13 bits per heavy atom. The summed E-state index contributed by atoms with van der Waals surface area (Å²) in [5.74, 6) is -3.71. The van der Waals surface area contributed by atoms with Crippen molar-refractivity contribution in [2.45, 2.75) is 25.3 Å². The summed E-state index contributed by atoms with van der Waals surface area (Å²) in [6.07, 6.45) is 1.49. The van der Waals surface area contributed by atoms with Crippen molar-refractivity contribution in [2.75, 3.05) is 11.4 Å². The van der Waals surface area contributed by atoms with Gasteiger partial charge in [-0.15, -0.1) is 0 Å². The highest BCUT2D eigenvalue weighted by molar-refractivity contribution is 7.80. The third-order valence-corrected chi connectivity index (χ3v) is 7.13. The van der Waals surface area contributed by atoms with Gasteiger partial charge in [0.25, 0.3) is 5.91 Å². The number of halogens is 3. The summed E-state index contributed by atoms with van der Waals surface area (Å²) < 4.78 is 73.6. The van der Waals surface area contributed by atoms with E-state index in [9.17, 15) is 36.8 Å². The maximum Gasteiger partial charge on any atom is 0.340 e.